The van der Waals surface area contributed by atoms with Gasteiger partial charge in [-0.1, -0.05) is 35.4 Å². The van der Waals surface area contributed by atoms with Crippen molar-refractivity contribution in [2.75, 3.05) is 13.1 Å². The molecule has 4 heteroatoms. The van der Waals surface area contributed by atoms with Crippen LogP contribution in [0.2, 0.25) is 0 Å². The van der Waals surface area contributed by atoms with Crippen LogP contribution in [0.15, 0.2) is 12.2 Å². The monoisotopic (exact) mass is 209 g/mol. The van der Waals surface area contributed by atoms with Crippen LogP contribution in [-0.2, 0) is 4.79 Å². The fourth-order valence-electron chi connectivity index (χ4n) is 0.746. The third kappa shape index (κ3) is 3.98. The molecule has 1 amide bonds. The number of amides is 1. The number of rotatable bonds is 4. The Kier molecular flexibility index (Phi) is 6.21. The first-order valence-corrected chi connectivity index (χ1v) is 4.68. The van der Waals surface area contributed by atoms with Crippen LogP contribution in [0, 0.1) is 0 Å². The number of carbonyl (C=O) groups is 1. The van der Waals surface area contributed by atoms with Gasteiger partial charge >= 0.3 is 0 Å². The summed E-state index contributed by atoms with van der Waals surface area (Å²) in [5.74, 6) is -0.237. The molecule has 0 saturated heterocycles. The predicted octanol–water partition coefficient (Wildman–Crippen LogP) is 2.21. The van der Waals surface area contributed by atoms with Gasteiger partial charge in [0.1, 0.15) is 0 Å². The van der Waals surface area contributed by atoms with Crippen molar-refractivity contribution in [2.24, 2.45) is 0 Å². The molecule has 0 radical (unpaired) electrons. The minimum Gasteiger partial charge on any atom is -0.337 e. The van der Waals surface area contributed by atoms with Gasteiger partial charge in [0.2, 0.25) is 0 Å². The molecule has 0 unspecified atom stereocenters. The van der Waals surface area contributed by atoms with E-state index in [0.717, 1.165) is 0 Å². The van der Waals surface area contributed by atoms with Crippen LogP contribution in [-0.4, -0.2) is 28.7 Å². The number of hydrogen-bond acceptors (Lipinski definition) is 1. The minimum absolute atomic E-state index is 0.237. The molecule has 0 aliphatic carbocycles. The molecule has 0 aliphatic rings. The zero-order chi connectivity index (χ0) is 9.56. The number of alkyl halides is 2. The lowest BCUT2D eigenvalue weighted by atomic mass is 10.4. The molecule has 0 atom stereocenters. The number of hydrogen-bond donors (Lipinski definition) is 0. The number of likely N-dealkylation sites (N-methyl/N-ethyl adjacent to an activating group) is 1. The highest BCUT2D eigenvalue weighted by Gasteiger charge is 2.17. The van der Waals surface area contributed by atoms with E-state index in [1.165, 1.54) is 0 Å². The lowest BCUT2D eigenvalue weighted by Crippen LogP contribution is -2.34. The number of carbonyl (C=O) groups excluding carboxylic acids is 1. The van der Waals surface area contributed by atoms with E-state index in [2.05, 4.69) is 0 Å². The molecule has 70 valence electrons. The lowest BCUT2D eigenvalue weighted by Gasteiger charge is -2.19. The Morgan fingerprint density at radius 1 is 1.58 bits per heavy atom. The second kappa shape index (κ2) is 6.32. The number of allylic oxidation sites excluding steroid dienone is 1. The standard InChI is InChI=1S/C8H13Cl2NO/c1-3-5-6-11(4-2)8(12)7(9)10/h3,5,7H,4,6H2,1-2H3. The predicted molar refractivity (Wildman–Crippen MR) is 52.6 cm³/mol. The van der Waals surface area contributed by atoms with E-state index < -0.39 is 4.84 Å². The molecule has 0 heterocycles. The molecule has 0 aromatic rings. The van der Waals surface area contributed by atoms with Gasteiger partial charge in [-0.3, -0.25) is 4.79 Å². The molecule has 0 aromatic heterocycles. The van der Waals surface area contributed by atoms with Gasteiger partial charge in [0.25, 0.3) is 5.91 Å². The zero-order valence-corrected chi connectivity index (χ0v) is 8.77. The van der Waals surface area contributed by atoms with Crippen LogP contribution in [0.1, 0.15) is 13.8 Å². The highest BCUT2D eigenvalue weighted by molar-refractivity contribution is 6.53. The van der Waals surface area contributed by atoms with Gasteiger partial charge in [-0.05, 0) is 13.8 Å². The van der Waals surface area contributed by atoms with Gasteiger partial charge in [0.05, 0.1) is 0 Å². The van der Waals surface area contributed by atoms with Crippen molar-refractivity contribution >= 4 is 29.1 Å². The average molecular weight is 210 g/mol. The maximum atomic E-state index is 11.2. The normalized spacial score (nSPS) is 11.1. The summed E-state index contributed by atoms with van der Waals surface area (Å²) in [7, 11) is 0. The SMILES string of the molecule is CC=CCN(CC)C(=O)C(Cl)Cl. The van der Waals surface area contributed by atoms with Crippen LogP contribution in [0.25, 0.3) is 0 Å². The molecule has 0 spiro atoms. The Labute approximate surface area is 83.1 Å². The third-order valence-electron chi connectivity index (χ3n) is 1.44. The second-order valence-corrected chi connectivity index (χ2v) is 3.34. The van der Waals surface area contributed by atoms with Crippen molar-refractivity contribution in [2.45, 2.75) is 18.7 Å². The van der Waals surface area contributed by atoms with Gasteiger partial charge in [-0.25, -0.2) is 0 Å². The van der Waals surface area contributed by atoms with E-state index >= 15 is 0 Å². The highest BCUT2D eigenvalue weighted by Crippen LogP contribution is 2.06. The van der Waals surface area contributed by atoms with Gasteiger partial charge in [0.15, 0.2) is 4.84 Å². The fourth-order valence-corrected chi connectivity index (χ4v) is 1.02. The number of nitrogens with zero attached hydrogens (tertiary/aromatic N) is 1. The Morgan fingerprint density at radius 3 is 2.50 bits per heavy atom. The van der Waals surface area contributed by atoms with Gasteiger partial charge in [0, 0.05) is 13.1 Å². The van der Waals surface area contributed by atoms with Crippen molar-refractivity contribution in [3.63, 3.8) is 0 Å². The molecule has 0 fully saturated rings. The summed E-state index contributed by atoms with van der Waals surface area (Å²) < 4.78 is 0. The smallest absolute Gasteiger partial charge is 0.256 e. The molecule has 12 heavy (non-hydrogen) atoms. The minimum atomic E-state index is -0.949. The quantitative estimate of drug-likeness (QED) is 0.514. The molecule has 0 aliphatic heterocycles. The van der Waals surface area contributed by atoms with Gasteiger partial charge in [-0.2, -0.15) is 0 Å². The van der Waals surface area contributed by atoms with E-state index in [9.17, 15) is 4.79 Å². The van der Waals surface area contributed by atoms with Gasteiger partial charge in [-0.15, -0.1) is 0 Å². The van der Waals surface area contributed by atoms with E-state index in [1.807, 2.05) is 26.0 Å². The maximum absolute atomic E-state index is 11.2. The van der Waals surface area contributed by atoms with Crippen LogP contribution >= 0.6 is 23.2 Å². The Balaban J connectivity index is 4.05. The second-order valence-electron chi connectivity index (χ2n) is 2.25. The molecule has 2 nitrogen and oxygen atoms in total. The van der Waals surface area contributed by atoms with Crippen LogP contribution in [0.4, 0.5) is 0 Å². The first-order valence-electron chi connectivity index (χ1n) is 3.81. The third-order valence-corrected chi connectivity index (χ3v) is 1.81. The van der Waals surface area contributed by atoms with Crippen molar-refractivity contribution < 1.29 is 4.79 Å². The average Bonchev–Trinajstić information content (AvgIpc) is 2.05. The summed E-state index contributed by atoms with van der Waals surface area (Å²) in [6, 6.07) is 0. The fraction of sp³-hybridized carbons (Fsp3) is 0.625. The van der Waals surface area contributed by atoms with Crippen molar-refractivity contribution in [3.05, 3.63) is 12.2 Å². The molecule has 0 aromatic carbocycles. The zero-order valence-electron chi connectivity index (χ0n) is 7.26. The molecular weight excluding hydrogens is 197 g/mol. The summed E-state index contributed by atoms with van der Waals surface area (Å²) in [4.78, 5) is 11.8. The van der Waals surface area contributed by atoms with E-state index in [0.29, 0.717) is 13.1 Å². The summed E-state index contributed by atoms with van der Waals surface area (Å²) in [5.41, 5.74) is 0. The molecule has 0 saturated carbocycles. The molecule has 0 rings (SSSR count). The number of halogens is 2. The molecule has 0 bridgehead atoms. The Bertz CT molecular complexity index is 168. The van der Waals surface area contributed by atoms with Crippen molar-refractivity contribution in [3.8, 4) is 0 Å². The molecule has 0 N–H and O–H groups in total. The van der Waals surface area contributed by atoms with Crippen LogP contribution < -0.4 is 0 Å². The first kappa shape index (κ1) is 11.8. The summed E-state index contributed by atoms with van der Waals surface area (Å²) in [6.07, 6.45) is 3.77. The van der Waals surface area contributed by atoms with Gasteiger partial charge < -0.3 is 4.90 Å². The van der Waals surface area contributed by atoms with E-state index in [4.69, 9.17) is 23.2 Å². The summed E-state index contributed by atoms with van der Waals surface area (Å²) in [6.45, 7) is 4.98. The van der Waals surface area contributed by atoms with Crippen LogP contribution in [0.5, 0.6) is 0 Å². The summed E-state index contributed by atoms with van der Waals surface area (Å²) in [5, 5.41) is 0. The molecular formula is C8H13Cl2NO. The van der Waals surface area contributed by atoms with E-state index in [-0.39, 0.29) is 5.91 Å². The topological polar surface area (TPSA) is 20.3 Å². The highest BCUT2D eigenvalue weighted by atomic mass is 35.5. The van der Waals surface area contributed by atoms with E-state index in [1.54, 1.807) is 4.90 Å². The Morgan fingerprint density at radius 2 is 2.17 bits per heavy atom. The van der Waals surface area contributed by atoms with Crippen molar-refractivity contribution in [1.29, 1.82) is 0 Å². The largest absolute Gasteiger partial charge is 0.337 e. The summed E-state index contributed by atoms with van der Waals surface area (Å²) >= 11 is 10.9. The Hall–Kier alpha value is -0.210. The first-order chi connectivity index (χ1) is 5.63. The maximum Gasteiger partial charge on any atom is 0.256 e. The lowest BCUT2D eigenvalue weighted by molar-refractivity contribution is -0.128. The van der Waals surface area contributed by atoms with Crippen LogP contribution in [0.3, 0.4) is 0 Å². The van der Waals surface area contributed by atoms with Crippen molar-refractivity contribution in [1.82, 2.24) is 4.90 Å².